The van der Waals surface area contributed by atoms with E-state index in [0.717, 1.165) is 0 Å². The van der Waals surface area contributed by atoms with E-state index in [1.807, 2.05) is 6.08 Å². The summed E-state index contributed by atoms with van der Waals surface area (Å²) >= 11 is 0. The maximum Gasteiger partial charge on any atom is 0.261 e. The summed E-state index contributed by atoms with van der Waals surface area (Å²) in [6, 6.07) is 7.12. The van der Waals surface area contributed by atoms with Crippen LogP contribution in [0.15, 0.2) is 69.9 Å². The summed E-state index contributed by atoms with van der Waals surface area (Å²) in [4.78, 5) is 22.0. The molecule has 2 aromatic heterocycles. The number of nitrogens with one attached hydrogen (secondary N) is 1. The number of carbonyl (C=O) groups excluding carboxylic acids is 1. The number of pyridine rings is 1. The molecule has 0 saturated carbocycles. The summed E-state index contributed by atoms with van der Waals surface area (Å²) in [5, 5.41) is 13.1. The van der Waals surface area contributed by atoms with Crippen LogP contribution in [0.2, 0.25) is 0 Å². The molecular formula is C24H20FN3O5. The number of carbonyl (C=O) groups is 1. The number of hydrogen-bond acceptors (Lipinski definition) is 7. The second kappa shape index (κ2) is 8.70. The lowest BCUT2D eigenvalue weighted by Gasteiger charge is -2.17. The standard InChI is InChI=1S/C24H20FN3O5/c1-13-22-18(14(11-29)10-26-13)9-19(24(33-22)28-16-4-2-15(25)3-5-16)23(30)27-17-6-7-20-21(8-17)32-12-31-20/h2-10,20-21,29H,11-12H2,1H3,(H,27,30)/t20-,21-/m1/s1. The van der Waals surface area contributed by atoms with Gasteiger partial charge in [0.05, 0.1) is 18.0 Å². The number of halogens is 1. The number of aromatic nitrogens is 1. The van der Waals surface area contributed by atoms with E-state index in [0.29, 0.717) is 33.6 Å². The molecule has 3 heterocycles. The minimum atomic E-state index is -0.465. The molecule has 33 heavy (non-hydrogen) atoms. The summed E-state index contributed by atoms with van der Waals surface area (Å²) in [7, 11) is 0. The van der Waals surface area contributed by atoms with Crippen LogP contribution < -0.4 is 10.9 Å². The molecule has 3 aromatic rings. The van der Waals surface area contributed by atoms with Crippen molar-refractivity contribution in [3.8, 4) is 0 Å². The third-order valence-electron chi connectivity index (χ3n) is 5.44. The van der Waals surface area contributed by atoms with Gasteiger partial charge in [0.2, 0.25) is 5.55 Å². The number of rotatable bonds is 4. The molecule has 1 amide bonds. The van der Waals surface area contributed by atoms with E-state index in [2.05, 4.69) is 15.3 Å². The average molecular weight is 449 g/mol. The van der Waals surface area contributed by atoms with Crippen LogP contribution in [0.25, 0.3) is 11.0 Å². The molecule has 1 aromatic carbocycles. The molecule has 2 N–H and O–H groups in total. The van der Waals surface area contributed by atoms with Crippen molar-refractivity contribution in [2.75, 3.05) is 6.79 Å². The number of amides is 1. The third kappa shape index (κ3) is 4.21. The minimum absolute atomic E-state index is 0.0327. The largest absolute Gasteiger partial charge is 0.436 e. The smallest absolute Gasteiger partial charge is 0.261 e. The monoisotopic (exact) mass is 449 g/mol. The average Bonchev–Trinajstić information content (AvgIpc) is 3.29. The van der Waals surface area contributed by atoms with Gasteiger partial charge >= 0.3 is 0 Å². The van der Waals surface area contributed by atoms with Gasteiger partial charge in [-0.05, 0) is 49.4 Å². The Hall–Kier alpha value is -3.66. The Morgan fingerprint density at radius 2 is 2.06 bits per heavy atom. The quantitative estimate of drug-likeness (QED) is 0.635. The summed E-state index contributed by atoms with van der Waals surface area (Å²) < 4.78 is 30.2. The molecule has 0 spiro atoms. The van der Waals surface area contributed by atoms with Crippen LogP contribution in [0.4, 0.5) is 10.1 Å². The van der Waals surface area contributed by atoms with E-state index in [4.69, 9.17) is 13.9 Å². The zero-order valence-electron chi connectivity index (χ0n) is 17.6. The van der Waals surface area contributed by atoms with Crippen LogP contribution in [0.5, 0.6) is 0 Å². The van der Waals surface area contributed by atoms with Crippen LogP contribution in [-0.2, 0) is 16.1 Å². The Bertz CT molecular complexity index is 1360. The number of aryl methyl sites for hydroxylation is 1. The maximum atomic E-state index is 13.3. The number of fused-ring (bicyclic) bond motifs is 2. The van der Waals surface area contributed by atoms with Gasteiger partial charge in [0.25, 0.3) is 5.91 Å². The number of benzene rings is 1. The molecular weight excluding hydrogens is 429 g/mol. The normalized spacial score (nSPS) is 20.1. The molecule has 5 rings (SSSR count). The van der Waals surface area contributed by atoms with Gasteiger partial charge in [0.15, 0.2) is 5.58 Å². The number of aliphatic hydroxyl groups excluding tert-OH is 1. The van der Waals surface area contributed by atoms with Gasteiger partial charge in [-0.15, -0.1) is 0 Å². The van der Waals surface area contributed by atoms with Crippen molar-refractivity contribution in [2.24, 2.45) is 4.99 Å². The molecule has 0 radical (unpaired) electrons. The summed E-state index contributed by atoms with van der Waals surface area (Å²) in [5.41, 5.74) is 2.62. The van der Waals surface area contributed by atoms with Gasteiger partial charge in [0, 0.05) is 22.8 Å². The third-order valence-corrected chi connectivity index (χ3v) is 5.44. The van der Waals surface area contributed by atoms with Gasteiger partial charge in [-0.1, -0.05) is 6.08 Å². The zero-order valence-corrected chi connectivity index (χ0v) is 17.6. The molecule has 0 bridgehead atoms. The van der Waals surface area contributed by atoms with Gasteiger partial charge in [-0.25, -0.2) is 9.38 Å². The highest BCUT2D eigenvalue weighted by molar-refractivity contribution is 5.98. The predicted molar refractivity (Wildman–Crippen MR) is 116 cm³/mol. The van der Waals surface area contributed by atoms with Gasteiger partial charge in [-0.2, -0.15) is 0 Å². The van der Waals surface area contributed by atoms with E-state index >= 15 is 0 Å². The topological polar surface area (TPSA) is 106 Å². The molecule has 2 aliphatic rings. The zero-order chi connectivity index (χ0) is 22.9. The first-order chi connectivity index (χ1) is 16.0. The van der Waals surface area contributed by atoms with Crippen molar-refractivity contribution in [1.29, 1.82) is 0 Å². The molecule has 2 atom stereocenters. The highest BCUT2D eigenvalue weighted by atomic mass is 19.1. The fraction of sp³-hybridized carbons (Fsp3) is 0.208. The van der Waals surface area contributed by atoms with E-state index < -0.39 is 11.7 Å². The lowest BCUT2D eigenvalue weighted by Crippen LogP contribution is -2.31. The molecule has 168 valence electrons. The fourth-order valence-electron chi connectivity index (χ4n) is 3.70. The van der Waals surface area contributed by atoms with Crippen LogP contribution in [0.3, 0.4) is 0 Å². The lowest BCUT2D eigenvalue weighted by atomic mass is 10.1. The van der Waals surface area contributed by atoms with Crippen molar-refractivity contribution in [3.05, 3.63) is 88.6 Å². The van der Waals surface area contributed by atoms with Crippen LogP contribution in [0, 0.1) is 12.7 Å². The number of aliphatic hydroxyl groups is 1. The minimum Gasteiger partial charge on any atom is -0.436 e. The fourth-order valence-corrected chi connectivity index (χ4v) is 3.70. The SMILES string of the molecule is Cc1ncc(CO)c2cc(C(=O)NC3=C[C@H]4OCO[C@@H]4C=C3)c(=Nc3ccc(F)cc3)oc12. The van der Waals surface area contributed by atoms with Crippen molar-refractivity contribution in [1.82, 2.24) is 10.3 Å². The number of allylic oxidation sites excluding steroid dienone is 1. The Morgan fingerprint density at radius 1 is 1.27 bits per heavy atom. The van der Waals surface area contributed by atoms with Crippen molar-refractivity contribution in [2.45, 2.75) is 25.7 Å². The van der Waals surface area contributed by atoms with Crippen molar-refractivity contribution in [3.63, 3.8) is 0 Å². The predicted octanol–water partition coefficient (Wildman–Crippen LogP) is 2.93. The lowest BCUT2D eigenvalue weighted by molar-refractivity contribution is 0.0503. The van der Waals surface area contributed by atoms with E-state index in [9.17, 15) is 14.3 Å². The molecule has 0 unspecified atom stereocenters. The molecule has 1 aliphatic heterocycles. The van der Waals surface area contributed by atoms with Crippen molar-refractivity contribution < 1.29 is 28.2 Å². The number of ether oxygens (including phenoxy) is 2. The van der Waals surface area contributed by atoms with Gasteiger partial charge < -0.3 is 24.3 Å². The summed E-state index contributed by atoms with van der Waals surface area (Å²) in [6.07, 6.45) is 6.43. The molecule has 1 aliphatic carbocycles. The summed E-state index contributed by atoms with van der Waals surface area (Å²) in [5.74, 6) is -0.865. The van der Waals surface area contributed by atoms with E-state index in [-0.39, 0.29) is 36.7 Å². The molecule has 1 fully saturated rings. The molecule has 8 nitrogen and oxygen atoms in total. The first-order valence-electron chi connectivity index (χ1n) is 10.3. The van der Waals surface area contributed by atoms with E-state index in [1.165, 1.54) is 30.5 Å². The first kappa shape index (κ1) is 21.2. The Balaban J connectivity index is 1.61. The highest BCUT2D eigenvalue weighted by Crippen LogP contribution is 2.23. The van der Waals surface area contributed by atoms with Crippen LogP contribution >= 0.6 is 0 Å². The Kier molecular flexibility index (Phi) is 5.59. The second-order valence-corrected chi connectivity index (χ2v) is 7.64. The van der Waals surface area contributed by atoms with Crippen molar-refractivity contribution >= 4 is 22.6 Å². The van der Waals surface area contributed by atoms with Gasteiger partial charge in [0.1, 0.15) is 30.4 Å². The molecule has 1 saturated heterocycles. The van der Waals surface area contributed by atoms with E-state index in [1.54, 1.807) is 25.1 Å². The first-order valence-corrected chi connectivity index (χ1v) is 10.3. The highest BCUT2D eigenvalue weighted by Gasteiger charge is 2.28. The molecule has 9 heteroatoms. The van der Waals surface area contributed by atoms with Gasteiger partial charge in [-0.3, -0.25) is 9.78 Å². The number of nitrogens with zero attached hydrogens (tertiary/aromatic N) is 2. The maximum absolute atomic E-state index is 13.3. The summed E-state index contributed by atoms with van der Waals surface area (Å²) in [6.45, 7) is 1.67. The number of hydrogen-bond donors (Lipinski definition) is 2. The second-order valence-electron chi connectivity index (χ2n) is 7.64. The van der Waals surface area contributed by atoms with Crippen LogP contribution in [-0.4, -0.2) is 35.0 Å². The van der Waals surface area contributed by atoms with Crippen LogP contribution in [0.1, 0.15) is 21.6 Å². The Morgan fingerprint density at radius 3 is 2.85 bits per heavy atom. The Labute approximate surface area is 187 Å².